The molecule has 15 heavy (non-hydrogen) atoms. The summed E-state index contributed by atoms with van der Waals surface area (Å²) in [5.74, 6) is 0.946. The lowest BCUT2D eigenvalue weighted by Gasteiger charge is -2.14. The molecule has 1 N–H and O–H groups in total. The van der Waals surface area contributed by atoms with Crippen LogP contribution in [0.15, 0.2) is 18.3 Å². The summed E-state index contributed by atoms with van der Waals surface area (Å²) in [6.07, 6.45) is 4.17. The number of rotatable bonds is 2. The summed E-state index contributed by atoms with van der Waals surface area (Å²) in [7, 11) is 0. The Morgan fingerprint density at radius 2 is 2.33 bits per heavy atom. The van der Waals surface area contributed by atoms with Gasteiger partial charge in [-0.15, -0.1) is 0 Å². The molecule has 1 aliphatic heterocycles. The Kier molecular flexibility index (Phi) is 3.21. The van der Waals surface area contributed by atoms with Crippen LogP contribution in [0, 0.1) is 0 Å². The van der Waals surface area contributed by atoms with Crippen LogP contribution in [0.25, 0.3) is 0 Å². The fourth-order valence-electron chi connectivity index (χ4n) is 1.92. The van der Waals surface area contributed by atoms with Gasteiger partial charge in [0.1, 0.15) is 11.9 Å². The predicted octanol–water partition coefficient (Wildman–Crippen LogP) is 2.29. The molecule has 0 spiro atoms. The maximum atomic E-state index is 5.91. The highest BCUT2D eigenvalue weighted by Gasteiger charge is 2.22. The monoisotopic (exact) mass is 206 g/mol. The van der Waals surface area contributed by atoms with Crippen LogP contribution < -0.4 is 10.1 Å². The molecular weight excluding hydrogens is 188 g/mol. The van der Waals surface area contributed by atoms with Gasteiger partial charge in [-0.25, -0.2) is 0 Å². The summed E-state index contributed by atoms with van der Waals surface area (Å²) >= 11 is 0. The molecule has 0 amide bonds. The number of hydrogen-bond donors (Lipinski definition) is 1. The highest BCUT2D eigenvalue weighted by molar-refractivity contribution is 5.30. The number of hydrogen-bond acceptors (Lipinski definition) is 3. The van der Waals surface area contributed by atoms with E-state index in [9.17, 15) is 0 Å². The molecule has 1 aromatic rings. The lowest BCUT2D eigenvalue weighted by atomic mass is 10.1. The Morgan fingerprint density at radius 3 is 3.07 bits per heavy atom. The summed E-state index contributed by atoms with van der Waals surface area (Å²) in [4.78, 5) is 4.41. The Bertz CT molecular complexity index is 327. The molecule has 2 heterocycles. The van der Waals surface area contributed by atoms with Crippen molar-refractivity contribution in [3.05, 3.63) is 24.0 Å². The minimum atomic E-state index is 0.268. The maximum Gasteiger partial charge on any atom is 0.142 e. The minimum Gasteiger partial charge on any atom is -0.487 e. The first-order valence-corrected chi connectivity index (χ1v) is 5.70. The van der Waals surface area contributed by atoms with Crippen molar-refractivity contribution < 1.29 is 4.74 Å². The van der Waals surface area contributed by atoms with Crippen molar-refractivity contribution in [2.24, 2.45) is 0 Å². The van der Waals surface area contributed by atoms with Gasteiger partial charge in [-0.3, -0.25) is 4.98 Å². The van der Waals surface area contributed by atoms with Crippen LogP contribution in [-0.2, 0) is 0 Å². The second kappa shape index (κ2) is 4.62. The van der Waals surface area contributed by atoms with E-state index in [1.807, 2.05) is 18.3 Å². The van der Waals surface area contributed by atoms with Crippen LogP contribution in [0.3, 0.4) is 0 Å². The van der Waals surface area contributed by atoms with Gasteiger partial charge in [0.05, 0.1) is 11.7 Å². The largest absolute Gasteiger partial charge is 0.487 e. The van der Waals surface area contributed by atoms with Crippen molar-refractivity contribution in [3.63, 3.8) is 0 Å². The highest BCUT2D eigenvalue weighted by Crippen LogP contribution is 2.28. The smallest absolute Gasteiger partial charge is 0.142 e. The van der Waals surface area contributed by atoms with Crippen molar-refractivity contribution in [2.75, 3.05) is 6.54 Å². The van der Waals surface area contributed by atoms with E-state index >= 15 is 0 Å². The van der Waals surface area contributed by atoms with Gasteiger partial charge >= 0.3 is 0 Å². The van der Waals surface area contributed by atoms with Crippen LogP contribution in [0.1, 0.15) is 38.4 Å². The number of fused-ring (bicyclic) bond motifs is 1. The summed E-state index contributed by atoms with van der Waals surface area (Å²) in [6.45, 7) is 5.22. The normalized spacial score (nSPS) is 25.2. The van der Waals surface area contributed by atoms with Crippen molar-refractivity contribution >= 4 is 0 Å². The molecular formula is C12H18N2O. The molecule has 3 nitrogen and oxygen atoms in total. The van der Waals surface area contributed by atoms with Crippen molar-refractivity contribution in [1.29, 1.82) is 0 Å². The molecule has 0 saturated heterocycles. The Labute approximate surface area is 90.9 Å². The maximum absolute atomic E-state index is 5.91. The van der Waals surface area contributed by atoms with Gasteiger partial charge < -0.3 is 10.1 Å². The topological polar surface area (TPSA) is 34.2 Å². The quantitative estimate of drug-likeness (QED) is 0.806. The van der Waals surface area contributed by atoms with Crippen molar-refractivity contribution in [3.8, 4) is 5.75 Å². The number of ether oxygens (including phenoxy) is 1. The van der Waals surface area contributed by atoms with E-state index in [0.29, 0.717) is 6.04 Å². The summed E-state index contributed by atoms with van der Waals surface area (Å²) < 4.78 is 5.91. The van der Waals surface area contributed by atoms with Crippen LogP contribution in [0.2, 0.25) is 0 Å². The second-order valence-electron chi connectivity index (χ2n) is 3.90. The third-order valence-corrected chi connectivity index (χ3v) is 2.88. The van der Waals surface area contributed by atoms with Gasteiger partial charge in [0.2, 0.25) is 0 Å². The molecule has 1 aliphatic rings. The first-order valence-electron chi connectivity index (χ1n) is 5.70. The van der Waals surface area contributed by atoms with Crippen LogP contribution >= 0.6 is 0 Å². The van der Waals surface area contributed by atoms with E-state index in [2.05, 4.69) is 24.1 Å². The first kappa shape index (κ1) is 10.4. The molecule has 0 fully saturated rings. The van der Waals surface area contributed by atoms with E-state index in [1.54, 1.807) is 0 Å². The van der Waals surface area contributed by atoms with Gasteiger partial charge in [0.15, 0.2) is 0 Å². The van der Waals surface area contributed by atoms with Gasteiger partial charge in [-0.2, -0.15) is 0 Å². The molecule has 2 unspecified atom stereocenters. The van der Waals surface area contributed by atoms with Gasteiger partial charge in [0, 0.05) is 12.7 Å². The average molecular weight is 206 g/mol. The number of nitrogens with one attached hydrogen (secondary N) is 1. The SMILES string of the molecule is CCC1CNC(CC)c2ncccc2O1. The highest BCUT2D eigenvalue weighted by atomic mass is 16.5. The third kappa shape index (κ3) is 2.12. The van der Waals surface area contributed by atoms with E-state index in [0.717, 1.165) is 30.8 Å². The molecule has 0 aliphatic carbocycles. The van der Waals surface area contributed by atoms with E-state index < -0.39 is 0 Å². The van der Waals surface area contributed by atoms with Crippen molar-refractivity contribution in [2.45, 2.75) is 38.8 Å². The van der Waals surface area contributed by atoms with Gasteiger partial charge in [0.25, 0.3) is 0 Å². The van der Waals surface area contributed by atoms with Crippen LogP contribution in [-0.4, -0.2) is 17.6 Å². The van der Waals surface area contributed by atoms with Crippen LogP contribution in [0.4, 0.5) is 0 Å². The summed E-state index contributed by atoms with van der Waals surface area (Å²) in [5, 5.41) is 3.50. The molecule has 0 bridgehead atoms. The standard InChI is InChI=1S/C12H18N2O/c1-3-9-8-14-10(4-2)12-11(15-9)6-5-7-13-12/h5-7,9-10,14H,3-4,8H2,1-2H3. The zero-order chi connectivity index (χ0) is 10.7. The summed E-state index contributed by atoms with van der Waals surface area (Å²) in [5.41, 5.74) is 1.05. The van der Waals surface area contributed by atoms with Gasteiger partial charge in [-0.05, 0) is 25.0 Å². The lowest BCUT2D eigenvalue weighted by molar-refractivity contribution is 0.200. The zero-order valence-electron chi connectivity index (χ0n) is 9.36. The molecule has 1 aromatic heterocycles. The molecule has 2 atom stereocenters. The average Bonchev–Trinajstić information content (AvgIpc) is 2.47. The molecule has 2 rings (SSSR count). The Morgan fingerprint density at radius 1 is 1.47 bits per heavy atom. The summed E-state index contributed by atoms with van der Waals surface area (Å²) in [6, 6.07) is 4.28. The fourth-order valence-corrected chi connectivity index (χ4v) is 1.92. The fraction of sp³-hybridized carbons (Fsp3) is 0.583. The number of nitrogens with zero attached hydrogens (tertiary/aromatic N) is 1. The van der Waals surface area contributed by atoms with E-state index in [4.69, 9.17) is 4.74 Å². The predicted molar refractivity (Wildman–Crippen MR) is 60.0 cm³/mol. The second-order valence-corrected chi connectivity index (χ2v) is 3.90. The molecule has 0 aromatic carbocycles. The lowest BCUT2D eigenvalue weighted by Crippen LogP contribution is -2.29. The molecule has 0 saturated carbocycles. The number of aromatic nitrogens is 1. The van der Waals surface area contributed by atoms with Gasteiger partial charge in [-0.1, -0.05) is 13.8 Å². The third-order valence-electron chi connectivity index (χ3n) is 2.88. The molecule has 3 heteroatoms. The Hall–Kier alpha value is -1.09. The van der Waals surface area contributed by atoms with E-state index in [-0.39, 0.29) is 6.10 Å². The van der Waals surface area contributed by atoms with Crippen molar-refractivity contribution in [1.82, 2.24) is 10.3 Å². The zero-order valence-corrected chi connectivity index (χ0v) is 9.36. The minimum absolute atomic E-state index is 0.268. The molecule has 82 valence electrons. The first-order chi connectivity index (χ1) is 7.35. The molecule has 0 radical (unpaired) electrons. The van der Waals surface area contributed by atoms with Crippen LogP contribution in [0.5, 0.6) is 5.75 Å². The Balaban J connectivity index is 2.31. The number of pyridine rings is 1. The van der Waals surface area contributed by atoms with E-state index in [1.165, 1.54) is 0 Å².